The minimum Gasteiger partial charge on any atom is -0.455 e. The van der Waals surface area contributed by atoms with Crippen molar-refractivity contribution in [3.63, 3.8) is 0 Å². The van der Waals surface area contributed by atoms with Gasteiger partial charge in [-0.1, -0.05) is 88.7 Å². The molecule has 11 heteroatoms. The van der Waals surface area contributed by atoms with Crippen molar-refractivity contribution in [1.29, 1.82) is 0 Å². The van der Waals surface area contributed by atoms with E-state index in [0.717, 1.165) is 10.8 Å². The number of nitrogens with one attached hydrogen (secondary N) is 1. The van der Waals surface area contributed by atoms with Gasteiger partial charge in [-0.2, -0.15) is 0 Å². The van der Waals surface area contributed by atoms with E-state index >= 15 is 4.79 Å². The van der Waals surface area contributed by atoms with Gasteiger partial charge in [0.05, 0.1) is 24.0 Å². The third-order valence-electron chi connectivity index (χ3n) is 10.8. The number of anilines is 1. The predicted octanol–water partition coefficient (Wildman–Crippen LogP) is 6.02. The number of likely N-dealkylation sites (tertiary alicyclic amines) is 1. The average Bonchev–Trinajstić information content (AvgIpc) is 3.76. The fourth-order valence-corrected chi connectivity index (χ4v) is 9.32. The molecule has 0 aromatic heterocycles. The molecule has 3 amide bonds. The number of nitrogens with zero attached hydrogens (tertiary/aromatic N) is 2. The summed E-state index contributed by atoms with van der Waals surface area (Å²) >= 11 is 3.77. The lowest BCUT2D eigenvalue weighted by Gasteiger charge is -2.37. The van der Waals surface area contributed by atoms with E-state index in [9.17, 15) is 19.5 Å². The summed E-state index contributed by atoms with van der Waals surface area (Å²) in [5, 5.41) is 14.4. The molecule has 0 aliphatic carbocycles. The highest BCUT2D eigenvalue weighted by Gasteiger charge is 2.77. The molecule has 8 atom stereocenters. The van der Waals surface area contributed by atoms with Gasteiger partial charge < -0.3 is 29.7 Å². The number of aliphatic hydroxyl groups is 1. The Morgan fingerprint density at radius 2 is 1.79 bits per heavy atom. The number of hydrogen-bond donors (Lipinski definition) is 2. The number of allylic oxidation sites excluding steroid dienone is 1. The Kier molecular flexibility index (Phi) is 12.2. The summed E-state index contributed by atoms with van der Waals surface area (Å²) in [5.74, 6) is -3.41. The fraction of sp³-hybridized carbons (Fsp3) is 0.429. The number of aliphatic hydroxyl groups excluding tert-OH is 1. The first kappa shape index (κ1) is 38.4. The number of unbranched alkanes of at least 4 members (excludes halogenated alkanes) is 2. The van der Waals surface area contributed by atoms with E-state index in [2.05, 4.69) is 34.4 Å². The van der Waals surface area contributed by atoms with E-state index in [1.54, 1.807) is 28.9 Å². The van der Waals surface area contributed by atoms with Gasteiger partial charge in [0.2, 0.25) is 11.8 Å². The molecule has 2 N–H and O–H groups in total. The van der Waals surface area contributed by atoms with Crippen LogP contribution >= 0.6 is 15.9 Å². The molecule has 2 bridgehead atoms. The largest absolute Gasteiger partial charge is 0.455 e. The zero-order valence-corrected chi connectivity index (χ0v) is 31.7. The molecule has 3 aliphatic rings. The summed E-state index contributed by atoms with van der Waals surface area (Å²) in [6.45, 7) is 9.89. The van der Waals surface area contributed by atoms with Gasteiger partial charge in [-0.15, -0.1) is 13.2 Å². The molecule has 1 unspecified atom stereocenters. The lowest BCUT2D eigenvalue weighted by atomic mass is 9.70. The van der Waals surface area contributed by atoms with Crippen molar-refractivity contribution in [1.82, 2.24) is 10.2 Å². The SMILES string of the molecule is C=CCCC(=O)N[C@@H](C)[C@H](OC(=O)[C@@H]1[C@H]2O[C@@]3(CC2Br)[C@H](C(=O)N(CC=C)c2ccc4ccccc4c2)N(CCCCCO)C(=O)[C@@H]13)c1ccccc1. The van der Waals surface area contributed by atoms with Crippen molar-refractivity contribution in [2.45, 2.75) is 80.2 Å². The number of rotatable bonds is 17. The van der Waals surface area contributed by atoms with E-state index < -0.39 is 47.7 Å². The standard InChI is InChI=1S/C42H48BrN3O7/c1-4-6-19-33(48)44-27(3)36(29-16-9-7-10-17-29)52-41(51)34-35-39(49)46(23-13-8-14-24-47)38(42(35)26-32(43)37(34)53-42)40(50)45(22-5-2)31-21-20-28-15-11-12-18-30(28)25-31/h4-5,7,9-12,15-18,20-21,25,27,32,34-38,47H,1-2,6,8,13-14,19,22-24,26H2,3H3,(H,44,48)/t27-,32?,34-,35+,36-,37-,38-,42+/m0/s1. The number of esters is 1. The van der Waals surface area contributed by atoms with E-state index in [1.165, 1.54) is 0 Å². The van der Waals surface area contributed by atoms with Crippen molar-refractivity contribution < 1.29 is 33.8 Å². The number of benzene rings is 3. The number of alkyl halides is 1. The molecule has 3 fully saturated rings. The van der Waals surface area contributed by atoms with Gasteiger partial charge in [-0.05, 0) is 67.5 Å². The number of hydrogen-bond acceptors (Lipinski definition) is 7. The smallest absolute Gasteiger partial charge is 0.313 e. The van der Waals surface area contributed by atoms with Crippen molar-refractivity contribution in [3.8, 4) is 0 Å². The van der Waals surface area contributed by atoms with Crippen LogP contribution in [0.3, 0.4) is 0 Å². The van der Waals surface area contributed by atoms with Crippen LogP contribution in [0.2, 0.25) is 0 Å². The molecule has 3 aromatic rings. The molecule has 3 heterocycles. The quantitative estimate of drug-likeness (QED) is 0.0742. The van der Waals surface area contributed by atoms with Gasteiger partial charge in [0, 0.05) is 36.6 Å². The van der Waals surface area contributed by atoms with Crippen LogP contribution in [-0.4, -0.2) is 82.0 Å². The monoisotopic (exact) mass is 785 g/mol. The zero-order chi connectivity index (χ0) is 37.7. The highest BCUT2D eigenvalue weighted by atomic mass is 79.9. The van der Waals surface area contributed by atoms with Gasteiger partial charge in [-0.3, -0.25) is 19.2 Å². The summed E-state index contributed by atoms with van der Waals surface area (Å²) in [4.78, 5) is 59.9. The number of ether oxygens (including phenoxy) is 2. The lowest BCUT2D eigenvalue weighted by Crippen LogP contribution is -2.57. The van der Waals surface area contributed by atoms with Gasteiger partial charge >= 0.3 is 5.97 Å². The van der Waals surface area contributed by atoms with Gasteiger partial charge in [0.1, 0.15) is 17.7 Å². The number of carbonyl (C=O) groups excluding carboxylic acids is 4. The Bertz CT molecular complexity index is 1840. The molecule has 10 nitrogen and oxygen atoms in total. The Morgan fingerprint density at radius 1 is 1.06 bits per heavy atom. The predicted molar refractivity (Wildman–Crippen MR) is 207 cm³/mol. The second-order valence-corrected chi connectivity index (χ2v) is 15.4. The van der Waals surface area contributed by atoms with Crippen molar-refractivity contribution in [2.24, 2.45) is 11.8 Å². The Morgan fingerprint density at radius 3 is 2.51 bits per heavy atom. The van der Waals surface area contributed by atoms with Crippen LogP contribution in [0.25, 0.3) is 10.8 Å². The molecular formula is C42H48BrN3O7. The van der Waals surface area contributed by atoms with E-state index in [-0.39, 0.29) is 48.7 Å². The Labute approximate surface area is 319 Å². The fourth-order valence-electron chi connectivity index (χ4n) is 8.37. The summed E-state index contributed by atoms with van der Waals surface area (Å²) in [6, 6.07) is 21.3. The highest BCUT2D eigenvalue weighted by Crippen LogP contribution is 2.60. The molecule has 3 aromatic carbocycles. The third kappa shape index (κ3) is 7.57. The molecule has 1 spiro atoms. The summed E-state index contributed by atoms with van der Waals surface area (Å²) < 4.78 is 13.1. The maximum absolute atomic E-state index is 15.0. The maximum atomic E-state index is 15.0. The van der Waals surface area contributed by atoms with Crippen molar-refractivity contribution in [3.05, 3.63) is 104 Å². The first-order valence-electron chi connectivity index (χ1n) is 18.4. The van der Waals surface area contributed by atoms with Crippen LogP contribution in [0.4, 0.5) is 5.69 Å². The van der Waals surface area contributed by atoms with Crippen LogP contribution in [0.5, 0.6) is 0 Å². The van der Waals surface area contributed by atoms with Crippen LogP contribution in [0.15, 0.2) is 98.1 Å². The summed E-state index contributed by atoms with van der Waals surface area (Å²) in [7, 11) is 0. The summed E-state index contributed by atoms with van der Waals surface area (Å²) in [6.07, 6.45) is 4.65. The number of halogens is 1. The Balaban J connectivity index is 1.35. The normalized spacial score (nSPS) is 25.5. The second kappa shape index (κ2) is 16.8. The average molecular weight is 787 g/mol. The van der Waals surface area contributed by atoms with E-state index in [1.807, 2.05) is 72.8 Å². The number of fused-ring (bicyclic) bond motifs is 2. The molecule has 3 aliphatic heterocycles. The molecule has 3 saturated heterocycles. The zero-order valence-electron chi connectivity index (χ0n) is 30.1. The van der Waals surface area contributed by atoms with Crippen LogP contribution in [0, 0.1) is 11.8 Å². The van der Waals surface area contributed by atoms with Crippen LogP contribution in [-0.2, 0) is 28.7 Å². The minimum atomic E-state index is -1.29. The lowest BCUT2D eigenvalue weighted by molar-refractivity contribution is -0.162. The number of carbonyl (C=O) groups is 4. The van der Waals surface area contributed by atoms with Gasteiger partial charge in [-0.25, -0.2) is 0 Å². The molecule has 0 radical (unpaired) electrons. The molecular weight excluding hydrogens is 738 g/mol. The Hall–Kier alpha value is -4.32. The molecule has 53 heavy (non-hydrogen) atoms. The van der Waals surface area contributed by atoms with Crippen LogP contribution in [0.1, 0.15) is 57.1 Å². The topological polar surface area (TPSA) is 125 Å². The molecule has 0 saturated carbocycles. The number of amides is 3. The molecule has 6 rings (SSSR count). The second-order valence-electron chi connectivity index (χ2n) is 14.2. The molecule has 280 valence electrons. The van der Waals surface area contributed by atoms with E-state index in [4.69, 9.17) is 9.47 Å². The van der Waals surface area contributed by atoms with E-state index in [0.29, 0.717) is 43.4 Å². The third-order valence-corrected chi connectivity index (χ3v) is 11.6. The minimum absolute atomic E-state index is 0.0254. The van der Waals surface area contributed by atoms with Gasteiger partial charge in [0.25, 0.3) is 5.91 Å². The highest BCUT2D eigenvalue weighted by molar-refractivity contribution is 9.09. The van der Waals surface area contributed by atoms with Gasteiger partial charge in [0.15, 0.2) is 0 Å². The van der Waals surface area contributed by atoms with Crippen molar-refractivity contribution >= 4 is 56.1 Å². The maximum Gasteiger partial charge on any atom is 0.313 e. The summed E-state index contributed by atoms with van der Waals surface area (Å²) in [5.41, 5.74) is 0.0598. The first-order valence-corrected chi connectivity index (χ1v) is 19.4. The van der Waals surface area contributed by atoms with Crippen LogP contribution < -0.4 is 10.2 Å². The van der Waals surface area contributed by atoms with Crippen molar-refractivity contribution in [2.75, 3.05) is 24.6 Å². The first-order chi connectivity index (χ1) is 25.6.